The number of carboxylic acid groups (broad SMARTS) is 1. The van der Waals surface area contributed by atoms with Crippen LogP contribution in [0.4, 0.5) is 4.79 Å². The zero-order valence-electron chi connectivity index (χ0n) is 28.7. The first-order chi connectivity index (χ1) is 23.1. The predicted octanol–water partition coefficient (Wildman–Crippen LogP) is 2.67. The average molecular weight is 708 g/mol. The zero-order chi connectivity index (χ0) is 36.3. The normalized spacial score (nSPS) is 20.7. The summed E-state index contributed by atoms with van der Waals surface area (Å²) in [5.74, 6) is -2.22. The molecule has 2 aliphatic heterocycles. The Kier molecular flexibility index (Phi) is 14.7. The Hall–Kier alpha value is -3.91. The molecule has 2 heterocycles. The van der Waals surface area contributed by atoms with Gasteiger partial charge in [0.2, 0.25) is 17.7 Å². The highest BCUT2D eigenvalue weighted by Crippen LogP contribution is 2.31. The SMILES string of the molecule is CC(=O)N1CC[C@H]2CC[C@@H](C(=O)N[C@H](COc3cccc(CCCCC(=O)O)c3Cl)CC(C=O)CN)N2C(=O)[C@@H](NC(=O)OC(C)(C)C)C1. The maximum absolute atomic E-state index is 14.0. The minimum absolute atomic E-state index is 0.0429. The number of halogens is 1. The number of aryl methyl sites for hydroxylation is 1. The van der Waals surface area contributed by atoms with Gasteiger partial charge in [-0.25, -0.2) is 4.79 Å². The van der Waals surface area contributed by atoms with Gasteiger partial charge in [0, 0.05) is 38.4 Å². The number of nitrogens with one attached hydrogen (secondary N) is 2. The molecule has 15 heteroatoms. The number of rotatable bonds is 15. The van der Waals surface area contributed by atoms with Crippen LogP contribution in [0, 0.1) is 5.92 Å². The van der Waals surface area contributed by atoms with Crippen LogP contribution in [0.25, 0.3) is 0 Å². The van der Waals surface area contributed by atoms with Gasteiger partial charge in [-0.3, -0.25) is 19.2 Å². The summed E-state index contributed by atoms with van der Waals surface area (Å²) in [6.45, 7) is 6.78. The molecule has 14 nitrogen and oxygen atoms in total. The molecule has 0 spiro atoms. The lowest BCUT2D eigenvalue weighted by atomic mass is 10.0. The average Bonchev–Trinajstić information content (AvgIpc) is 3.44. The monoisotopic (exact) mass is 707 g/mol. The lowest BCUT2D eigenvalue weighted by Crippen LogP contribution is -2.61. The van der Waals surface area contributed by atoms with Gasteiger partial charge in [0.15, 0.2) is 0 Å². The first-order valence-electron chi connectivity index (χ1n) is 16.8. The van der Waals surface area contributed by atoms with Crippen LogP contribution in [-0.4, -0.2) is 107 Å². The van der Waals surface area contributed by atoms with Gasteiger partial charge in [0.1, 0.15) is 36.3 Å². The van der Waals surface area contributed by atoms with Crippen LogP contribution in [-0.2, 0) is 35.1 Å². The van der Waals surface area contributed by atoms with Gasteiger partial charge in [-0.15, -0.1) is 0 Å². The number of alkyl carbamates (subject to hydrolysis) is 1. The molecule has 272 valence electrons. The number of unbranched alkanes of at least 4 members (excludes halogenated alkanes) is 1. The highest BCUT2D eigenvalue weighted by molar-refractivity contribution is 6.32. The van der Waals surface area contributed by atoms with Gasteiger partial charge in [-0.1, -0.05) is 23.7 Å². The largest absolute Gasteiger partial charge is 0.490 e. The quantitative estimate of drug-likeness (QED) is 0.155. The molecule has 1 unspecified atom stereocenters. The Morgan fingerprint density at radius 2 is 1.90 bits per heavy atom. The summed E-state index contributed by atoms with van der Waals surface area (Å²) in [4.78, 5) is 78.6. The summed E-state index contributed by atoms with van der Waals surface area (Å²) in [5, 5.41) is 14.9. The number of nitrogens with zero attached hydrogens (tertiary/aromatic N) is 2. The van der Waals surface area contributed by atoms with Crippen molar-refractivity contribution in [1.29, 1.82) is 0 Å². The van der Waals surface area contributed by atoms with Gasteiger partial charge in [0.25, 0.3) is 0 Å². The molecule has 1 aromatic rings. The summed E-state index contributed by atoms with van der Waals surface area (Å²) < 4.78 is 11.4. The van der Waals surface area contributed by atoms with Gasteiger partial charge in [0.05, 0.1) is 17.6 Å². The third-order valence-corrected chi connectivity index (χ3v) is 9.06. The van der Waals surface area contributed by atoms with Gasteiger partial charge in [-0.2, -0.15) is 0 Å². The number of aldehydes is 1. The fraction of sp³-hybridized carbons (Fsp3) is 0.647. The highest BCUT2D eigenvalue weighted by atomic mass is 35.5. The Labute approximate surface area is 292 Å². The third kappa shape index (κ3) is 11.9. The summed E-state index contributed by atoms with van der Waals surface area (Å²) >= 11 is 6.63. The summed E-state index contributed by atoms with van der Waals surface area (Å²) in [5.41, 5.74) is 5.78. The van der Waals surface area contributed by atoms with Crippen molar-refractivity contribution in [3.05, 3.63) is 28.8 Å². The molecule has 2 saturated heterocycles. The van der Waals surface area contributed by atoms with Crippen LogP contribution < -0.4 is 21.1 Å². The maximum Gasteiger partial charge on any atom is 0.408 e. The van der Waals surface area contributed by atoms with Crippen molar-refractivity contribution in [3.63, 3.8) is 0 Å². The Balaban J connectivity index is 1.78. The number of ether oxygens (including phenoxy) is 2. The van der Waals surface area contributed by atoms with Crippen LogP contribution in [0.1, 0.15) is 78.2 Å². The number of hydrogen-bond acceptors (Lipinski definition) is 9. The summed E-state index contributed by atoms with van der Waals surface area (Å²) in [7, 11) is 0. The van der Waals surface area contributed by atoms with E-state index in [9.17, 15) is 28.8 Å². The van der Waals surface area contributed by atoms with E-state index in [2.05, 4.69) is 10.6 Å². The fourth-order valence-electron chi connectivity index (χ4n) is 6.16. The minimum Gasteiger partial charge on any atom is -0.490 e. The Morgan fingerprint density at radius 1 is 1.16 bits per heavy atom. The van der Waals surface area contributed by atoms with E-state index in [1.54, 1.807) is 32.9 Å². The highest BCUT2D eigenvalue weighted by Gasteiger charge is 2.45. The Morgan fingerprint density at radius 3 is 2.53 bits per heavy atom. The number of carboxylic acids is 1. The maximum atomic E-state index is 14.0. The first-order valence-corrected chi connectivity index (χ1v) is 17.2. The minimum atomic E-state index is -1.13. The fourth-order valence-corrected chi connectivity index (χ4v) is 6.43. The number of carbonyl (C=O) groups is 6. The van der Waals surface area contributed by atoms with Crippen LogP contribution in [0.5, 0.6) is 5.75 Å². The van der Waals surface area contributed by atoms with Crippen LogP contribution in [0.3, 0.4) is 0 Å². The lowest BCUT2D eigenvalue weighted by molar-refractivity contribution is -0.145. The number of carbonyl (C=O) groups excluding carboxylic acids is 5. The molecule has 5 atom stereocenters. The number of aliphatic carboxylic acids is 1. The van der Waals surface area contributed by atoms with E-state index in [1.165, 1.54) is 16.7 Å². The van der Waals surface area contributed by atoms with Crippen molar-refractivity contribution in [2.45, 2.75) is 109 Å². The predicted molar refractivity (Wildman–Crippen MR) is 181 cm³/mol. The molecule has 1 aromatic carbocycles. The van der Waals surface area contributed by atoms with Gasteiger partial charge in [-0.05, 0) is 77.3 Å². The van der Waals surface area contributed by atoms with Crippen molar-refractivity contribution < 1.29 is 43.3 Å². The molecule has 2 fully saturated rings. The second-order valence-electron chi connectivity index (χ2n) is 13.7. The molecule has 0 saturated carbocycles. The first kappa shape index (κ1) is 39.5. The van der Waals surface area contributed by atoms with E-state index in [0.29, 0.717) is 55.8 Å². The topological polar surface area (TPSA) is 198 Å². The van der Waals surface area contributed by atoms with E-state index in [1.807, 2.05) is 6.07 Å². The van der Waals surface area contributed by atoms with Gasteiger partial charge < -0.3 is 45.5 Å². The van der Waals surface area contributed by atoms with Crippen LogP contribution in [0.2, 0.25) is 5.02 Å². The number of nitrogens with two attached hydrogens (primary N) is 1. The van der Waals surface area contributed by atoms with Crippen LogP contribution >= 0.6 is 11.6 Å². The van der Waals surface area contributed by atoms with Crippen molar-refractivity contribution in [1.82, 2.24) is 20.4 Å². The molecular weight excluding hydrogens is 658 g/mol. The molecule has 2 aliphatic rings. The molecule has 3 rings (SSSR count). The molecule has 0 aliphatic carbocycles. The standard InChI is InChI=1S/C34H50ClN5O9/c1-21(42)39-15-14-25-12-13-27(40(25)32(46)26(18-39)38-33(47)49-34(2,3)4)31(45)37-24(16-22(17-36)19-41)20-48-28-10-7-9-23(30(28)35)8-5-6-11-29(43)44/h7,9-10,19,22,24-27H,5-6,8,11-18,20,36H2,1-4H3,(H,37,45)(H,38,47)(H,43,44)/t22?,24-,25+,26-,27-/m0/s1. The third-order valence-electron chi connectivity index (χ3n) is 8.63. The second kappa shape index (κ2) is 18.2. The summed E-state index contributed by atoms with van der Waals surface area (Å²) in [6.07, 6.45) is 3.20. The van der Waals surface area contributed by atoms with Crippen LogP contribution in [0.15, 0.2) is 18.2 Å². The Bertz CT molecular complexity index is 1350. The summed E-state index contributed by atoms with van der Waals surface area (Å²) in [6, 6.07) is 2.29. The lowest BCUT2D eigenvalue weighted by Gasteiger charge is -2.38. The molecular formula is C34H50ClN5O9. The molecule has 49 heavy (non-hydrogen) atoms. The van der Waals surface area contributed by atoms with E-state index >= 15 is 0 Å². The van der Waals surface area contributed by atoms with Crippen molar-refractivity contribution in [2.24, 2.45) is 11.7 Å². The smallest absolute Gasteiger partial charge is 0.408 e. The molecule has 0 radical (unpaired) electrons. The van der Waals surface area contributed by atoms with Crippen molar-refractivity contribution in [3.8, 4) is 5.75 Å². The van der Waals surface area contributed by atoms with Crippen molar-refractivity contribution >= 4 is 47.7 Å². The number of hydrogen-bond donors (Lipinski definition) is 4. The molecule has 5 N–H and O–H groups in total. The van der Waals surface area contributed by atoms with E-state index in [-0.39, 0.29) is 44.5 Å². The second-order valence-corrected chi connectivity index (χ2v) is 14.0. The zero-order valence-corrected chi connectivity index (χ0v) is 29.5. The van der Waals surface area contributed by atoms with Gasteiger partial charge >= 0.3 is 12.1 Å². The van der Waals surface area contributed by atoms with E-state index in [4.69, 9.17) is 31.9 Å². The number of fused-ring (bicyclic) bond motifs is 1. The number of benzene rings is 1. The molecule has 0 aromatic heterocycles. The van der Waals surface area contributed by atoms with E-state index < -0.39 is 53.5 Å². The van der Waals surface area contributed by atoms with E-state index in [0.717, 1.165) is 11.8 Å². The van der Waals surface area contributed by atoms with Crippen molar-refractivity contribution in [2.75, 3.05) is 26.2 Å². The number of amides is 4. The molecule has 4 amide bonds. The molecule has 0 bridgehead atoms.